The van der Waals surface area contributed by atoms with Crippen LogP contribution in [0.25, 0.3) is 17.0 Å². The summed E-state index contributed by atoms with van der Waals surface area (Å²) in [6, 6.07) is 8.48. The first-order valence-corrected chi connectivity index (χ1v) is 5.69. The van der Waals surface area contributed by atoms with Gasteiger partial charge in [-0.2, -0.15) is 14.6 Å². The molecule has 17 heavy (non-hydrogen) atoms. The number of aromatic nitrogens is 4. The summed E-state index contributed by atoms with van der Waals surface area (Å²) in [6.45, 7) is 0. The maximum Gasteiger partial charge on any atom is 0.252 e. The monoisotopic (exact) mass is 222 g/mol. The molecular weight excluding hydrogens is 212 g/mol. The summed E-state index contributed by atoms with van der Waals surface area (Å²) in [5, 5.41) is 4.27. The number of hydrogen-bond acceptors (Lipinski definition) is 3. The summed E-state index contributed by atoms with van der Waals surface area (Å²) < 4.78 is 1.84. The largest absolute Gasteiger partial charge is 0.252 e. The van der Waals surface area contributed by atoms with Crippen LogP contribution in [0.15, 0.2) is 36.8 Å². The van der Waals surface area contributed by atoms with Crippen molar-refractivity contribution in [2.75, 3.05) is 0 Å². The summed E-state index contributed by atoms with van der Waals surface area (Å²) in [4.78, 5) is 8.46. The number of benzene rings is 1. The highest BCUT2D eigenvalue weighted by atomic mass is 15.3. The minimum absolute atomic E-state index is 0.667. The van der Waals surface area contributed by atoms with Crippen molar-refractivity contribution >= 4 is 5.78 Å². The Morgan fingerprint density at radius 2 is 1.88 bits per heavy atom. The molecule has 0 aliphatic heterocycles. The first kappa shape index (κ1) is 8.87. The van der Waals surface area contributed by atoms with Crippen LogP contribution in [0.1, 0.15) is 11.1 Å². The third-order valence-electron chi connectivity index (χ3n) is 3.32. The predicted octanol–water partition coefficient (Wildman–Crippen LogP) is 1.89. The molecule has 0 atom stereocenters. The summed E-state index contributed by atoms with van der Waals surface area (Å²) in [6.07, 6.45) is 5.58. The molecule has 4 heteroatoms. The van der Waals surface area contributed by atoms with Crippen LogP contribution in [0.5, 0.6) is 0 Å². The van der Waals surface area contributed by atoms with Gasteiger partial charge < -0.3 is 0 Å². The van der Waals surface area contributed by atoms with E-state index in [2.05, 4.69) is 39.3 Å². The van der Waals surface area contributed by atoms with Gasteiger partial charge in [-0.05, 0) is 24.0 Å². The second-order valence-electron chi connectivity index (χ2n) is 4.26. The minimum atomic E-state index is 0.667. The smallest absolute Gasteiger partial charge is 0.219 e. The number of nitrogens with zero attached hydrogens (tertiary/aromatic N) is 4. The van der Waals surface area contributed by atoms with Crippen LogP contribution in [0.2, 0.25) is 0 Å². The molecule has 2 aromatic heterocycles. The van der Waals surface area contributed by atoms with E-state index in [0.717, 1.165) is 18.5 Å². The fourth-order valence-electron chi connectivity index (χ4n) is 2.52. The number of aryl methyl sites for hydroxylation is 2. The molecule has 4 nitrogen and oxygen atoms in total. The Hall–Kier alpha value is -2.23. The Morgan fingerprint density at radius 3 is 2.88 bits per heavy atom. The highest BCUT2D eigenvalue weighted by Gasteiger charge is 2.19. The van der Waals surface area contributed by atoms with Gasteiger partial charge >= 0.3 is 0 Å². The summed E-state index contributed by atoms with van der Waals surface area (Å²) in [7, 11) is 0. The van der Waals surface area contributed by atoms with Crippen molar-refractivity contribution in [2.24, 2.45) is 0 Å². The van der Waals surface area contributed by atoms with E-state index >= 15 is 0 Å². The van der Waals surface area contributed by atoms with Crippen molar-refractivity contribution in [3.05, 3.63) is 47.9 Å². The van der Waals surface area contributed by atoms with Crippen molar-refractivity contribution in [2.45, 2.75) is 12.8 Å². The lowest BCUT2D eigenvalue weighted by Gasteiger charge is -2.19. The Morgan fingerprint density at radius 1 is 1.00 bits per heavy atom. The number of fused-ring (bicyclic) bond motifs is 5. The highest BCUT2D eigenvalue weighted by Crippen LogP contribution is 2.32. The van der Waals surface area contributed by atoms with E-state index in [1.165, 1.54) is 16.7 Å². The van der Waals surface area contributed by atoms with Crippen LogP contribution in [0.4, 0.5) is 0 Å². The lowest BCUT2D eigenvalue weighted by Crippen LogP contribution is -2.09. The van der Waals surface area contributed by atoms with Crippen molar-refractivity contribution in [3.63, 3.8) is 0 Å². The standard InChI is InChI=1S/C13H10N4/c1-2-4-11-9(3-1)5-6-10-7-14-13-15-8-16-17(13)12(10)11/h1-4,7-8H,5-6H2. The molecule has 3 aromatic rings. The normalized spacial score (nSPS) is 13.4. The van der Waals surface area contributed by atoms with Crippen molar-refractivity contribution in [1.29, 1.82) is 0 Å². The van der Waals surface area contributed by atoms with Crippen molar-refractivity contribution in [3.8, 4) is 11.3 Å². The zero-order valence-electron chi connectivity index (χ0n) is 9.17. The van der Waals surface area contributed by atoms with Gasteiger partial charge in [0.2, 0.25) is 0 Å². The molecule has 4 rings (SSSR count). The molecule has 0 saturated heterocycles. The Balaban J connectivity index is 2.16. The van der Waals surface area contributed by atoms with Gasteiger partial charge in [-0.25, -0.2) is 4.98 Å². The predicted molar refractivity (Wildman–Crippen MR) is 63.6 cm³/mol. The molecule has 0 unspecified atom stereocenters. The van der Waals surface area contributed by atoms with Crippen LogP contribution in [-0.4, -0.2) is 19.6 Å². The quantitative estimate of drug-likeness (QED) is 0.583. The Labute approximate surface area is 98.0 Å². The average Bonchev–Trinajstić information content (AvgIpc) is 2.86. The average molecular weight is 222 g/mol. The first-order chi connectivity index (χ1) is 8.43. The van der Waals surface area contributed by atoms with Gasteiger partial charge in [0.25, 0.3) is 5.78 Å². The van der Waals surface area contributed by atoms with E-state index in [9.17, 15) is 0 Å². The lowest BCUT2D eigenvalue weighted by atomic mass is 9.90. The fourth-order valence-corrected chi connectivity index (χ4v) is 2.52. The third-order valence-corrected chi connectivity index (χ3v) is 3.32. The van der Waals surface area contributed by atoms with Gasteiger partial charge in [0.15, 0.2) is 0 Å². The van der Waals surface area contributed by atoms with E-state index in [1.807, 2.05) is 10.7 Å². The molecule has 0 bridgehead atoms. The third kappa shape index (κ3) is 1.15. The SMILES string of the molecule is c1ccc2c(c1)CCc1cnc3ncnn3c1-2. The molecule has 0 amide bonds. The van der Waals surface area contributed by atoms with E-state index in [1.54, 1.807) is 6.33 Å². The molecular formula is C13H10N4. The lowest BCUT2D eigenvalue weighted by molar-refractivity contribution is 0.862. The molecule has 1 aromatic carbocycles. The van der Waals surface area contributed by atoms with Gasteiger partial charge in [-0.1, -0.05) is 24.3 Å². The molecule has 0 fully saturated rings. The van der Waals surface area contributed by atoms with Gasteiger partial charge in [0.1, 0.15) is 6.33 Å². The molecule has 82 valence electrons. The number of rotatable bonds is 0. The minimum Gasteiger partial charge on any atom is -0.219 e. The molecule has 1 aliphatic carbocycles. The van der Waals surface area contributed by atoms with Crippen LogP contribution in [0, 0.1) is 0 Å². The zero-order valence-corrected chi connectivity index (χ0v) is 9.17. The fraction of sp³-hybridized carbons (Fsp3) is 0.154. The Bertz CT molecular complexity index is 714. The van der Waals surface area contributed by atoms with Crippen LogP contribution < -0.4 is 0 Å². The maximum absolute atomic E-state index is 4.32. The topological polar surface area (TPSA) is 43.1 Å². The second-order valence-corrected chi connectivity index (χ2v) is 4.26. The zero-order chi connectivity index (χ0) is 11.2. The highest BCUT2D eigenvalue weighted by molar-refractivity contribution is 5.70. The first-order valence-electron chi connectivity index (χ1n) is 5.69. The van der Waals surface area contributed by atoms with E-state index in [4.69, 9.17) is 0 Å². The van der Waals surface area contributed by atoms with Gasteiger partial charge in [0, 0.05) is 11.8 Å². The Kier molecular flexibility index (Phi) is 1.63. The number of hydrogen-bond donors (Lipinski definition) is 0. The van der Waals surface area contributed by atoms with Crippen LogP contribution in [0.3, 0.4) is 0 Å². The molecule has 0 N–H and O–H groups in total. The van der Waals surface area contributed by atoms with E-state index < -0.39 is 0 Å². The van der Waals surface area contributed by atoms with E-state index in [0.29, 0.717) is 5.78 Å². The summed E-state index contributed by atoms with van der Waals surface area (Å²) >= 11 is 0. The van der Waals surface area contributed by atoms with Crippen LogP contribution >= 0.6 is 0 Å². The molecule has 2 heterocycles. The molecule has 0 saturated carbocycles. The van der Waals surface area contributed by atoms with Crippen molar-refractivity contribution < 1.29 is 0 Å². The summed E-state index contributed by atoms with van der Waals surface area (Å²) in [5.41, 5.74) is 5.03. The summed E-state index contributed by atoms with van der Waals surface area (Å²) in [5.74, 6) is 0.667. The molecule has 0 radical (unpaired) electrons. The van der Waals surface area contributed by atoms with E-state index in [-0.39, 0.29) is 0 Å². The van der Waals surface area contributed by atoms with Gasteiger partial charge in [-0.15, -0.1) is 0 Å². The van der Waals surface area contributed by atoms with Gasteiger partial charge in [-0.3, -0.25) is 0 Å². The van der Waals surface area contributed by atoms with Crippen LogP contribution in [-0.2, 0) is 12.8 Å². The second kappa shape index (κ2) is 3.13. The van der Waals surface area contributed by atoms with Gasteiger partial charge in [0.05, 0.1) is 5.69 Å². The van der Waals surface area contributed by atoms with Crippen molar-refractivity contribution in [1.82, 2.24) is 19.6 Å². The molecule has 0 spiro atoms. The molecule has 1 aliphatic rings. The maximum atomic E-state index is 4.32.